The molecule has 0 aliphatic carbocycles. The summed E-state index contributed by atoms with van der Waals surface area (Å²) in [6.45, 7) is 5.41. The summed E-state index contributed by atoms with van der Waals surface area (Å²) in [4.78, 5) is 23.8. The standard InChI is InChI=1S/C18H19FN2O2/c1-11-4-7-16(15(19)8-11)21-17(22)10-20-18(23)14-6-5-12(2)13(3)9-14/h4-9H,10H2,1-3H3,(H,20,23)(H,21,22). The van der Waals surface area contributed by atoms with E-state index in [1.807, 2.05) is 19.9 Å². The van der Waals surface area contributed by atoms with Gasteiger partial charge in [-0.1, -0.05) is 12.1 Å². The number of nitrogens with one attached hydrogen (secondary N) is 2. The first-order valence-corrected chi connectivity index (χ1v) is 7.28. The highest BCUT2D eigenvalue weighted by Gasteiger charge is 2.10. The lowest BCUT2D eigenvalue weighted by atomic mass is 10.1. The van der Waals surface area contributed by atoms with E-state index in [1.165, 1.54) is 12.1 Å². The molecule has 2 aromatic carbocycles. The molecule has 4 nitrogen and oxygen atoms in total. The van der Waals surface area contributed by atoms with Gasteiger partial charge >= 0.3 is 0 Å². The van der Waals surface area contributed by atoms with Crippen LogP contribution in [0.5, 0.6) is 0 Å². The summed E-state index contributed by atoms with van der Waals surface area (Å²) in [5.74, 6) is -1.32. The second-order valence-corrected chi connectivity index (χ2v) is 5.51. The van der Waals surface area contributed by atoms with E-state index in [-0.39, 0.29) is 18.1 Å². The lowest BCUT2D eigenvalue weighted by molar-refractivity contribution is -0.115. The Labute approximate surface area is 134 Å². The highest BCUT2D eigenvalue weighted by Crippen LogP contribution is 2.15. The molecule has 0 spiro atoms. The molecule has 0 unspecified atom stereocenters. The summed E-state index contributed by atoms with van der Waals surface area (Å²) < 4.78 is 13.7. The normalized spacial score (nSPS) is 10.3. The maximum Gasteiger partial charge on any atom is 0.251 e. The molecule has 23 heavy (non-hydrogen) atoms. The zero-order valence-electron chi connectivity index (χ0n) is 13.4. The number of carbonyl (C=O) groups excluding carboxylic acids is 2. The number of anilines is 1. The van der Waals surface area contributed by atoms with Gasteiger partial charge in [-0.3, -0.25) is 9.59 Å². The number of hydrogen-bond donors (Lipinski definition) is 2. The first-order chi connectivity index (χ1) is 10.9. The Morgan fingerprint density at radius 3 is 2.39 bits per heavy atom. The largest absolute Gasteiger partial charge is 0.343 e. The van der Waals surface area contributed by atoms with E-state index in [1.54, 1.807) is 25.1 Å². The molecule has 0 heterocycles. The zero-order chi connectivity index (χ0) is 17.0. The minimum Gasteiger partial charge on any atom is -0.343 e. The van der Waals surface area contributed by atoms with E-state index in [2.05, 4.69) is 10.6 Å². The second-order valence-electron chi connectivity index (χ2n) is 5.51. The molecule has 0 aliphatic heterocycles. The third-order valence-electron chi connectivity index (χ3n) is 3.58. The molecule has 0 aliphatic rings. The van der Waals surface area contributed by atoms with Crippen LogP contribution in [0.2, 0.25) is 0 Å². The molecule has 0 saturated carbocycles. The van der Waals surface area contributed by atoms with E-state index in [4.69, 9.17) is 0 Å². The molecule has 0 saturated heterocycles. The van der Waals surface area contributed by atoms with Crippen molar-refractivity contribution in [3.8, 4) is 0 Å². The van der Waals surface area contributed by atoms with Crippen LogP contribution in [-0.2, 0) is 4.79 Å². The Balaban J connectivity index is 1.93. The first kappa shape index (κ1) is 16.7. The van der Waals surface area contributed by atoms with Crippen molar-refractivity contribution < 1.29 is 14.0 Å². The Morgan fingerprint density at radius 1 is 1.00 bits per heavy atom. The Bertz CT molecular complexity index is 757. The number of amides is 2. The van der Waals surface area contributed by atoms with Gasteiger partial charge in [0.25, 0.3) is 5.91 Å². The molecule has 5 heteroatoms. The van der Waals surface area contributed by atoms with Crippen LogP contribution in [-0.4, -0.2) is 18.4 Å². The topological polar surface area (TPSA) is 58.2 Å². The predicted molar refractivity (Wildman–Crippen MR) is 88.0 cm³/mol. The van der Waals surface area contributed by atoms with Crippen molar-refractivity contribution in [1.29, 1.82) is 0 Å². The van der Waals surface area contributed by atoms with Gasteiger partial charge in [-0.05, 0) is 61.7 Å². The van der Waals surface area contributed by atoms with Crippen molar-refractivity contribution in [2.45, 2.75) is 20.8 Å². The third kappa shape index (κ3) is 4.39. The van der Waals surface area contributed by atoms with Gasteiger partial charge in [0.05, 0.1) is 12.2 Å². The van der Waals surface area contributed by atoms with Gasteiger partial charge < -0.3 is 10.6 Å². The highest BCUT2D eigenvalue weighted by atomic mass is 19.1. The number of rotatable bonds is 4. The fourth-order valence-corrected chi connectivity index (χ4v) is 2.06. The maximum atomic E-state index is 13.7. The average Bonchev–Trinajstić information content (AvgIpc) is 2.50. The minimum absolute atomic E-state index is 0.0982. The predicted octanol–water partition coefficient (Wildman–Crippen LogP) is 3.12. The van der Waals surface area contributed by atoms with Crippen LogP contribution >= 0.6 is 0 Å². The second kappa shape index (κ2) is 7.05. The fraction of sp³-hybridized carbons (Fsp3) is 0.222. The van der Waals surface area contributed by atoms with E-state index >= 15 is 0 Å². The Hall–Kier alpha value is -2.69. The number of benzene rings is 2. The van der Waals surface area contributed by atoms with Crippen LogP contribution in [0, 0.1) is 26.6 Å². The number of hydrogen-bond acceptors (Lipinski definition) is 2. The van der Waals surface area contributed by atoms with Crippen LogP contribution in [0.1, 0.15) is 27.0 Å². The molecule has 2 rings (SSSR count). The monoisotopic (exact) mass is 314 g/mol. The molecule has 120 valence electrons. The van der Waals surface area contributed by atoms with Crippen LogP contribution in [0.4, 0.5) is 10.1 Å². The lowest BCUT2D eigenvalue weighted by Crippen LogP contribution is -2.33. The molecule has 0 atom stereocenters. The van der Waals surface area contributed by atoms with Crippen molar-refractivity contribution in [1.82, 2.24) is 5.32 Å². The molecule has 2 N–H and O–H groups in total. The van der Waals surface area contributed by atoms with Gasteiger partial charge in [0, 0.05) is 5.56 Å². The Kier molecular flexibility index (Phi) is 5.11. The van der Waals surface area contributed by atoms with Crippen molar-refractivity contribution >= 4 is 17.5 Å². The van der Waals surface area contributed by atoms with Crippen molar-refractivity contribution in [2.75, 3.05) is 11.9 Å². The lowest BCUT2D eigenvalue weighted by Gasteiger charge is -2.09. The zero-order valence-corrected chi connectivity index (χ0v) is 13.4. The summed E-state index contributed by atoms with van der Waals surface area (Å²) >= 11 is 0. The molecule has 2 amide bonds. The van der Waals surface area contributed by atoms with E-state index < -0.39 is 11.7 Å². The number of aryl methyl sites for hydroxylation is 3. The van der Waals surface area contributed by atoms with Crippen molar-refractivity contribution in [3.63, 3.8) is 0 Å². The van der Waals surface area contributed by atoms with Gasteiger partial charge in [-0.25, -0.2) is 4.39 Å². The minimum atomic E-state index is -0.501. The van der Waals surface area contributed by atoms with E-state index in [9.17, 15) is 14.0 Å². The van der Waals surface area contributed by atoms with Crippen LogP contribution < -0.4 is 10.6 Å². The molecular formula is C18H19FN2O2. The third-order valence-corrected chi connectivity index (χ3v) is 3.58. The van der Waals surface area contributed by atoms with Gasteiger partial charge in [0.15, 0.2) is 0 Å². The van der Waals surface area contributed by atoms with Gasteiger partial charge in [0.1, 0.15) is 5.82 Å². The van der Waals surface area contributed by atoms with Crippen molar-refractivity contribution in [2.24, 2.45) is 0 Å². The quantitative estimate of drug-likeness (QED) is 0.911. The molecule has 0 bridgehead atoms. The molecule has 2 aromatic rings. The van der Waals surface area contributed by atoms with E-state index in [0.717, 1.165) is 16.7 Å². The average molecular weight is 314 g/mol. The molecule has 0 aromatic heterocycles. The molecular weight excluding hydrogens is 295 g/mol. The van der Waals surface area contributed by atoms with Crippen LogP contribution in [0.15, 0.2) is 36.4 Å². The number of halogens is 1. The van der Waals surface area contributed by atoms with Gasteiger partial charge in [-0.15, -0.1) is 0 Å². The van der Waals surface area contributed by atoms with Gasteiger partial charge in [-0.2, -0.15) is 0 Å². The maximum absolute atomic E-state index is 13.7. The summed E-state index contributed by atoms with van der Waals surface area (Å²) in [6, 6.07) is 9.85. The molecule has 0 fully saturated rings. The summed E-state index contributed by atoms with van der Waals surface area (Å²) in [5, 5.41) is 4.96. The smallest absolute Gasteiger partial charge is 0.251 e. The highest BCUT2D eigenvalue weighted by molar-refractivity contribution is 5.99. The summed E-state index contributed by atoms with van der Waals surface area (Å²) in [5.41, 5.74) is 3.45. The summed E-state index contributed by atoms with van der Waals surface area (Å²) in [6.07, 6.45) is 0. The van der Waals surface area contributed by atoms with Crippen molar-refractivity contribution in [3.05, 3.63) is 64.5 Å². The molecule has 0 radical (unpaired) electrons. The SMILES string of the molecule is Cc1ccc(NC(=O)CNC(=O)c2ccc(C)c(C)c2)c(F)c1. The fourth-order valence-electron chi connectivity index (χ4n) is 2.06. The Morgan fingerprint density at radius 2 is 1.74 bits per heavy atom. The van der Waals surface area contributed by atoms with Gasteiger partial charge in [0.2, 0.25) is 5.91 Å². The van der Waals surface area contributed by atoms with Crippen LogP contribution in [0.25, 0.3) is 0 Å². The summed E-state index contributed by atoms with van der Waals surface area (Å²) in [7, 11) is 0. The van der Waals surface area contributed by atoms with Crippen LogP contribution in [0.3, 0.4) is 0 Å². The van der Waals surface area contributed by atoms with E-state index in [0.29, 0.717) is 5.56 Å². The number of carbonyl (C=O) groups is 2. The first-order valence-electron chi connectivity index (χ1n) is 7.28.